The summed E-state index contributed by atoms with van der Waals surface area (Å²) < 4.78 is 33.7. The lowest BCUT2D eigenvalue weighted by Crippen LogP contribution is -2.49. The van der Waals surface area contributed by atoms with Gasteiger partial charge < -0.3 is 10.1 Å². The van der Waals surface area contributed by atoms with Crippen molar-refractivity contribution in [2.75, 3.05) is 30.7 Å². The summed E-state index contributed by atoms with van der Waals surface area (Å²) in [6, 6.07) is 11.1. The van der Waals surface area contributed by atoms with Gasteiger partial charge in [0.2, 0.25) is 10.0 Å². The van der Waals surface area contributed by atoms with E-state index in [2.05, 4.69) is 15.7 Å². The molecule has 0 unspecified atom stereocenters. The average molecular weight is 422 g/mol. The van der Waals surface area contributed by atoms with Crippen LogP contribution < -0.4 is 10.6 Å². The van der Waals surface area contributed by atoms with Crippen LogP contribution in [0.25, 0.3) is 0 Å². The minimum Gasteiger partial charge on any atom is -0.373 e. The zero-order chi connectivity index (χ0) is 20.9. The van der Waals surface area contributed by atoms with E-state index in [9.17, 15) is 13.2 Å². The van der Waals surface area contributed by atoms with E-state index < -0.39 is 16.1 Å². The maximum atomic E-state index is 12.5. The lowest BCUT2D eigenvalue weighted by molar-refractivity contribution is -0.0440. The first kappa shape index (κ1) is 21.3. The summed E-state index contributed by atoms with van der Waals surface area (Å²) in [6.45, 7) is 4.97. The molecule has 0 bridgehead atoms. The number of carbonyl (C=O) groups excluding carboxylic acids is 1. The number of hydrogen-bond acceptors (Lipinski definition) is 5. The van der Waals surface area contributed by atoms with E-state index in [0.717, 1.165) is 5.56 Å². The lowest BCUT2D eigenvalue weighted by atomic mass is 10.2. The van der Waals surface area contributed by atoms with Crippen LogP contribution in [0.1, 0.15) is 19.4 Å². The van der Waals surface area contributed by atoms with Gasteiger partial charge in [0.25, 0.3) is 0 Å². The van der Waals surface area contributed by atoms with Crippen molar-refractivity contribution in [2.45, 2.75) is 32.6 Å². The fraction of sp³-hybridized carbons (Fsp3) is 0.474. The molecule has 0 radical (unpaired) electrons. The molecule has 2 atom stereocenters. The highest BCUT2D eigenvalue weighted by atomic mass is 32.2. The summed E-state index contributed by atoms with van der Waals surface area (Å²) in [6.07, 6.45) is 1.49. The third-order valence-electron chi connectivity index (χ3n) is 4.49. The summed E-state index contributed by atoms with van der Waals surface area (Å²) in [7, 11) is -3.46. The van der Waals surface area contributed by atoms with E-state index in [1.165, 1.54) is 4.31 Å². The minimum atomic E-state index is -3.46. The van der Waals surface area contributed by atoms with E-state index in [1.807, 2.05) is 44.2 Å². The Bertz CT molecular complexity index is 906. The maximum absolute atomic E-state index is 12.5. The van der Waals surface area contributed by atoms with Crippen molar-refractivity contribution >= 4 is 21.9 Å². The normalized spacial score (nSPS) is 20.3. The zero-order valence-electron chi connectivity index (χ0n) is 16.6. The number of rotatable bonds is 7. The molecule has 2 aromatic rings. The third kappa shape index (κ3) is 6.28. The number of nitrogens with one attached hydrogen (secondary N) is 2. The zero-order valence-corrected chi connectivity index (χ0v) is 17.4. The molecule has 10 heteroatoms. The molecule has 1 aliphatic heterocycles. The third-order valence-corrected chi connectivity index (χ3v) is 6.30. The molecule has 0 spiro atoms. The van der Waals surface area contributed by atoms with Crippen molar-refractivity contribution in [1.82, 2.24) is 19.4 Å². The van der Waals surface area contributed by atoms with Crippen molar-refractivity contribution in [3.8, 4) is 0 Å². The van der Waals surface area contributed by atoms with Crippen LogP contribution in [0.4, 0.5) is 10.6 Å². The molecular formula is C19H27N5O4S. The minimum absolute atomic E-state index is 0.0129. The molecule has 29 heavy (non-hydrogen) atoms. The molecule has 1 aromatic heterocycles. The van der Waals surface area contributed by atoms with Crippen molar-refractivity contribution in [3.05, 3.63) is 48.2 Å². The number of nitrogens with zero attached hydrogens (tertiary/aromatic N) is 3. The number of anilines is 1. The van der Waals surface area contributed by atoms with Crippen LogP contribution in [-0.4, -0.2) is 66.1 Å². The van der Waals surface area contributed by atoms with E-state index in [0.29, 0.717) is 25.5 Å². The summed E-state index contributed by atoms with van der Waals surface area (Å²) in [5.74, 6) is 0.236. The van der Waals surface area contributed by atoms with Crippen molar-refractivity contribution in [3.63, 3.8) is 0 Å². The van der Waals surface area contributed by atoms with Gasteiger partial charge in [-0.15, -0.1) is 0 Å². The molecule has 1 aromatic carbocycles. The highest BCUT2D eigenvalue weighted by Crippen LogP contribution is 2.14. The Labute approximate surface area is 171 Å². The van der Waals surface area contributed by atoms with Crippen molar-refractivity contribution in [2.24, 2.45) is 0 Å². The standard InChI is InChI=1S/C19H27N5O4S/c1-15-12-24(13-16(2)28-15)29(26,27)11-9-20-19(25)21-18-8-10-23(22-18)14-17-6-4-3-5-7-17/h3-8,10,15-16H,9,11-14H2,1-2H3,(H2,20,21,22,25)/t15-,16-/m1/s1. The maximum Gasteiger partial charge on any atom is 0.320 e. The number of sulfonamides is 1. The predicted molar refractivity (Wildman–Crippen MR) is 110 cm³/mol. The number of hydrogen-bond donors (Lipinski definition) is 2. The lowest BCUT2D eigenvalue weighted by Gasteiger charge is -2.34. The Morgan fingerprint density at radius 1 is 1.17 bits per heavy atom. The van der Waals surface area contributed by atoms with Gasteiger partial charge in [-0.3, -0.25) is 10.00 Å². The Kier molecular flexibility index (Phi) is 6.88. The van der Waals surface area contributed by atoms with Crippen LogP contribution in [-0.2, 0) is 21.3 Å². The summed E-state index contributed by atoms with van der Waals surface area (Å²) in [5.41, 5.74) is 1.10. The monoisotopic (exact) mass is 421 g/mol. The molecule has 2 amide bonds. The fourth-order valence-corrected chi connectivity index (χ4v) is 4.72. The quantitative estimate of drug-likeness (QED) is 0.705. The number of aromatic nitrogens is 2. The van der Waals surface area contributed by atoms with E-state index in [-0.39, 0.29) is 24.5 Å². The van der Waals surface area contributed by atoms with Gasteiger partial charge in [0, 0.05) is 31.9 Å². The first-order chi connectivity index (χ1) is 13.8. The van der Waals surface area contributed by atoms with Gasteiger partial charge in [0.1, 0.15) is 0 Å². The molecule has 0 saturated carbocycles. The topological polar surface area (TPSA) is 106 Å². The van der Waals surface area contributed by atoms with Crippen LogP contribution in [0, 0.1) is 0 Å². The predicted octanol–water partition coefficient (Wildman–Crippen LogP) is 1.49. The molecule has 3 rings (SSSR count). The molecule has 1 fully saturated rings. The van der Waals surface area contributed by atoms with Crippen LogP contribution in [0.15, 0.2) is 42.6 Å². The van der Waals surface area contributed by atoms with E-state index in [4.69, 9.17) is 4.74 Å². The highest BCUT2D eigenvalue weighted by Gasteiger charge is 2.30. The Morgan fingerprint density at radius 2 is 1.86 bits per heavy atom. The van der Waals surface area contributed by atoms with Crippen LogP contribution >= 0.6 is 0 Å². The van der Waals surface area contributed by atoms with Crippen LogP contribution in [0.5, 0.6) is 0 Å². The second-order valence-corrected chi connectivity index (χ2v) is 9.24. The SMILES string of the molecule is C[C@@H]1CN(S(=O)(=O)CCNC(=O)Nc2ccn(Cc3ccccc3)n2)C[C@@H](C)O1. The Balaban J connectivity index is 1.44. The van der Waals surface area contributed by atoms with E-state index in [1.54, 1.807) is 16.9 Å². The van der Waals surface area contributed by atoms with Crippen LogP contribution in [0.2, 0.25) is 0 Å². The fourth-order valence-electron chi connectivity index (χ4n) is 3.23. The molecule has 9 nitrogen and oxygen atoms in total. The van der Waals surface area contributed by atoms with Gasteiger partial charge in [-0.05, 0) is 19.4 Å². The molecule has 0 aliphatic carbocycles. The second-order valence-electron chi connectivity index (χ2n) is 7.16. The highest BCUT2D eigenvalue weighted by molar-refractivity contribution is 7.89. The largest absolute Gasteiger partial charge is 0.373 e. The van der Waals surface area contributed by atoms with E-state index >= 15 is 0 Å². The first-order valence-corrected chi connectivity index (χ1v) is 11.2. The van der Waals surface area contributed by atoms with Gasteiger partial charge in [0.15, 0.2) is 5.82 Å². The number of morpholine rings is 1. The summed E-state index contributed by atoms with van der Waals surface area (Å²) >= 11 is 0. The average Bonchev–Trinajstić information content (AvgIpc) is 3.08. The van der Waals surface area contributed by atoms with Crippen LogP contribution in [0.3, 0.4) is 0 Å². The van der Waals surface area contributed by atoms with Gasteiger partial charge in [-0.25, -0.2) is 13.2 Å². The van der Waals surface area contributed by atoms with Gasteiger partial charge in [0.05, 0.1) is 24.5 Å². The van der Waals surface area contributed by atoms with Gasteiger partial charge in [-0.1, -0.05) is 30.3 Å². The molecule has 2 N–H and O–H groups in total. The molecular weight excluding hydrogens is 394 g/mol. The molecule has 158 valence electrons. The Morgan fingerprint density at radius 3 is 2.55 bits per heavy atom. The van der Waals surface area contributed by atoms with Crippen molar-refractivity contribution in [1.29, 1.82) is 0 Å². The van der Waals surface area contributed by atoms with Gasteiger partial charge >= 0.3 is 6.03 Å². The number of urea groups is 1. The summed E-state index contributed by atoms with van der Waals surface area (Å²) in [4.78, 5) is 12.0. The number of ether oxygens (including phenoxy) is 1. The second kappa shape index (κ2) is 9.38. The Hall–Kier alpha value is -2.43. The smallest absolute Gasteiger partial charge is 0.320 e. The molecule has 1 aliphatic rings. The van der Waals surface area contributed by atoms with Gasteiger partial charge in [-0.2, -0.15) is 9.40 Å². The first-order valence-electron chi connectivity index (χ1n) is 9.57. The summed E-state index contributed by atoms with van der Waals surface area (Å²) in [5, 5.41) is 9.49. The molecule has 1 saturated heterocycles. The number of carbonyl (C=O) groups is 1. The van der Waals surface area contributed by atoms with Crippen molar-refractivity contribution < 1.29 is 17.9 Å². The number of benzene rings is 1. The number of amides is 2. The molecule has 2 heterocycles.